The minimum Gasteiger partial charge on any atom is -0.385 e. The van der Waals surface area contributed by atoms with E-state index in [1.54, 1.807) is 12.1 Å². The van der Waals surface area contributed by atoms with Crippen molar-refractivity contribution in [1.29, 1.82) is 0 Å². The van der Waals surface area contributed by atoms with Crippen molar-refractivity contribution in [2.45, 2.75) is 13.3 Å². The van der Waals surface area contributed by atoms with E-state index in [0.29, 0.717) is 0 Å². The van der Waals surface area contributed by atoms with Crippen molar-refractivity contribution >= 4 is 11.4 Å². The number of nitrogens with zero attached hydrogens (tertiary/aromatic N) is 2. The quantitative estimate of drug-likeness (QED) is 0.490. The number of non-ortho nitro benzene ring substituents is 1. The summed E-state index contributed by atoms with van der Waals surface area (Å²) in [5.74, 6) is 0. The Balaban J connectivity index is 1.74. The standard InChI is InChI=1S/C14H21N3O3/c1-12-11-13(17(18)19)3-4-14(12)15-5-2-6-16-7-9-20-10-8-16/h3-4,11,15H,2,5-10H2,1H3. The molecule has 1 heterocycles. The fourth-order valence-electron chi connectivity index (χ4n) is 2.31. The highest BCUT2D eigenvalue weighted by atomic mass is 16.6. The zero-order valence-corrected chi connectivity index (χ0v) is 11.8. The number of ether oxygens (including phenoxy) is 1. The third-order valence-corrected chi connectivity index (χ3v) is 3.49. The Hall–Kier alpha value is -1.66. The Labute approximate surface area is 118 Å². The van der Waals surface area contributed by atoms with E-state index in [4.69, 9.17) is 4.74 Å². The van der Waals surface area contributed by atoms with Crippen LogP contribution >= 0.6 is 0 Å². The summed E-state index contributed by atoms with van der Waals surface area (Å²) in [5.41, 5.74) is 2.02. The summed E-state index contributed by atoms with van der Waals surface area (Å²) in [6, 6.07) is 4.92. The predicted octanol–water partition coefficient (Wildman–Crippen LogP) is 2.04. The highest BCUT2D eigenvalue weighted by Gasteiger charge is 2.10. The molecule has 2 rings (SSSR count). The summed E-state index contributed by atoms with van der Waals surface area (Å²) >= 11 is 0. The van der Waals surface area contributed by atoms with E-state index in [-0.39, 0.29) is 10.6 Å². The molecule has 1 aliphatic rings. The number of rotatable bonds is 6. The van der Waals surface area contributed by atoms with Gasteiger partial charge in [0.05, 0.1) is 18.1 Å². The van der Waals surface area contributed by atoms with Crippen molar-refractivity contribution in [2.24, 2.45) is 0 Å². The summed E-state index contributed by atoms with van der Waals surface area (Å²) in [5, 5.41) is 14.0. The fourth-order valence-corrected chi connectivity index (χ4v) is 2.31. The maximum Gasteiger partial charge on any atom is 0.269 e. The number of nitro groups is 1. The van der Waals surface area contributed by atoms with E-state index in [1.165, 1.54) is 6.07 Å². The minimum atomic E-state index is -0.366. The van der Waals surface area contributed by atoms with Gasteiger partial charge in [0.15, 0.2) is 0 Å². The van der Waals surface area contributed by atoms with Crippen molar-refractivity contribution in [2.75, 3.05) is 44.7 Å². The fraction of sp³-hybridized carbons (Fsp3) is 0.571. The number of hydrogen-bond donors (Lipinski definition) is 1. The van der Waals surface area contributed by atoms with Crippen molar-refractivity contribution in [3.05, 3.63) is 33.9 Å². The number of nitrogens with one attached hydrogen (secondary N) is 1. The van der Waals surface area contributed by atoms with Gasteiger partial charge in [-0.25, -0.2) is 0 Å². The van der Waals surface area contributed by atoms with Gasteiger partial charge in [-0.3, -0.25) is 15.0 Å². The second-order valence-corrected chi connectivity index (χ2v) is 4.99. The van der Waals surface area contributed by atoms with Crippen molar-refractivity contribution in [3.63, 3.8) is 0 Å². The second kappa shape index (κ2) is 7.21. The van der Waals surface area contributed by atoms with Gasteiger partial charge < -0.3 is 10.1 Å². The Kier molecular flexibility index (Phi) is 5.31. The summed E-state index contributed by atoms with van der Waals surface area (Å²) in [6.45, 7) is 7.49. The van der Waals surface area contributed by atoms with E-state index >= 15 is 0 Å². The highest BCUT2D eigenvalue weighted by molar-refractivity contribution is 5.55. The smallest absolute Gasteiger partial charge is 0.269 e. The zero-order valence-electron chi connectivity index (χ0n) is 11.8. The van der Waals surface area contributed by atoms with Crippen LogP contribution in [0.1, 0.15) is 12.0 Å². The topological polar surface area (TPSA) is 67.6 Å². The Morgan fingerprint density at radius 2 is 2.15 bits per heavy atom. The maximum atomic E-state index is 10.7. The summed E-state index contributed by atoms with van der Waals surface area (Å²) in [7, 11) is 0. The predicted molar refractivity (Wildman–Crippen MR) is 78.2 cm³/mol. The SMILES string of the molecule is Cc1cc([N+](=O)[O-])ccc1NCCCN1CCOCC1. The van der Waals surface area contributed by atoms with Crippen LogP contribution in [-0.4, -0.2) is 49.2 Å². The lowest BCUT2D eigenvalue weighted by atomic mass is 10.2. The first-order valence-corrected chi connectivity index (χ1v) is 6.96. The molecule has 1 aliphatic heterocycles. The molecule has 0 saturated carbocycles. The Bertz CT molecular complexity index is 459. The molecular formula is C14H21N3O3. The molecule has 0 atom stereocenters. The third-order valence-electron chi connectivity index (χ3n) is 3.49. The molecule has 0 amide bonds. The monoisotopic (exact) mass is 279 g/mol. The number of aryl methyl sites for hydroxylation is 1. The van der Waals surface area contributed by atoms with Crippen LogP contribution in [0.15, 0.2) is 18.2 Å². The molecule has 1 saturated heterocycles. The average Bonchev–Trinajstić information content (AvgIpc) is 2.46. The number of anilines is 1. The molecule has 0 bridgehead atoms. The van der Waals surface area contributed by atoms with Gasteiger partial charge in [0, 0.05) is 37.5 Å². The maximum absolute atomic E-state index is 10.7. The third kappa shape index (κ3) is 4.18. The van der Waals surface area contributed by atoms with Crippen LogP contribution in [0, 0.1) is 17.0 Å². The number of benzene rings is 1. The van der Waals surface area contributed by atoms with Gasteiger partial charge in [0.1, 0.15) is 0 Å². The largest absolute Gasteiger partial charge is 0.385 e. The molecule has 6 heteroatoms. The second-order valence-electron chi connectivity index (χ2n) is 4.99. The van der Waals surface area contributed by atoms with Gasteiger partial charge >= 0.3 is 0 Å². The van der Waals surface area contributed by atoms with Gasteiger partial charge in [0.2, 0.25) is 0 Å². The van der Waals surface area contributed by atoms with Crippen LogP contribution in [0.4, 0.5) is 11.4 Å². The van der Waals surface area contributed by atoms with Crippen LogP contribution in [0.2, 0.25) is 0 Å². The molecule has 20 heavy (non-hydrogen) atoms. The lowest BCUT2D eigenvalue weighted by molar-refractivity contribution is -0.384. The van der Waals surface area contributed by atoms with Crippen LogP contribution < -0.4 is 5.32 Å². The summed E-state index contributed by atoms with van der Waals surface area (Å²) in [6.07, 6.45) is 1.05. The lowest BCUT2D eigenvalue weighted by Gasteiger charge is -2.26. The Morgan fingerprint density at radius 1 is 1.40 bits per heavy atom. The molecule has 1 aromatic rings. The van der Waals surface area contributed by atoms with Crippen molar-refractivity contribution < 1.29 is 9.66 Å². The van der Waals surface area contributed by atoms with Crippen molar-refractivity contribution in [1.82, 2.24) is 4.90 Å². The van der Waals surface area contributed by atoms with E-state index < -0.39 is 0 Å². The molecular weight excluding hydrogens is 258 g/mol. The molecule has 110 valence electrons. The minimum absolute atomic E-state index is 0.140. The van der Waals surface area contributed by atoms with Crippen LogP contribution in [-0.2, 0) is 4.74 Å². The molecule has 0 spiro atoms. The van der Waals surface area contributed by atoms with Crippen molar-refractivity contribution in [3.8, 4) is 0 Å². The van der Waals surface area contributed by atoms with E-state index in [0.717, 1.165) is 57.1 Å². The molecule has 0 aromatic heterocycles. The first-order chi connectivity index (χ1) is 9.66. The van der Waals surface area contributed by atoms with E-state index in [1.807, 2.05) is 6.92 Å². The zero-order chi connectivity index (χ0) is 14.4. The lowest BCUT2D eigenvalue weighted by Crippen LogP contribution is -2.37. The van der Waals surface area contributed by atoms with Gasteiger partial charge in [-0.15, -0.1) is 0 Å². The summed E-state index contributed by atoms with van der Waals surface area (Å²) < 4.78 is 5.31. The van der Waals surface area contributed by atoms with Crippen LogP contribution in [0.3, 0.4) is 0 Å². The first kappa shape index (κ1) is 14.7. The molecule has 0 aliphatic carbocycles. The summed E-state index contributed by atoms with van der Waals surface area (Å²) in [4.78, 5) is 12.7. The average molecular weight is 279 g/mol. The normalized spacial score (nSPS) is 16.1. The van der Waals surface area contributed by atoms with Gasteiger partial charge in [0.25, 0.3) is 5.69 Å². The first-order valence-electron chi connectivity index (χ1n) is 6.96. The van der Waals surface area contributed by atoms with Crippen LogP contribution in [0.5, 0.6) is 0 Å². The van der Waals surface area contributed by atoms with Gasteiger partial charge in [-0.05, 0) is 31.5 Å². The molecule has 1 aromatic carbocycles. The molecule has 0 unspecified atom stereocenters. The number of hydrogen-bond acceptors (Lipinski definition) is 5. The molecule has 1 N–H and O–H groups in total. The number of morpholine rings is 1. The van der Waals surface area contributed by atoms with Gasteiger partial charge in [-0.1, -0.05) is 0 Å². The number of nitro benzene ring substituents is 1. The Morgan fingerprint density at radius 3 is 2.80 bits per heavy atom. The van der Waals surface area contributed by atoms with Crippen LogP contribution in [0.25, 0.3) is 0 Å². The molecule has 6 nitrogen and oxygen atoms in total. The molecule has 1 fully saturated rings. The molecule has 0 radical (unpaired) electrons. The van der Waals surface area contributed by atoms with E-state index in [9.17, 15) is 10.1 Å². The van der Waals surface area contributed by atoms with Gasteiger partial charge in [-0.2, -0.15) is 0 Å². The van der Waals surface area contributed by atoms with E-state index in [2.05, 4.69) is 10.2 Å². The highest BCUT2D eigenvalue weighted by Crippen LogP contribution is 2.20.